The molecule has 20 heavy (non-hydrogen) atoms. The zero-order chi connectivity index (χ0) is 14.7. The molecule has 2 rings (SSSR count). The predicted molar refractivity (Wildman–Crippen MR) is 73.8 cm³/mol. The first-order valence-electron chi connectivity index (χ1n) is 6.54. The van der Waals surface area contributed by atoms with Crippen molar-refractivity contribution >= 4 is 12.0 Å². The fraction of sp³-hybridized carbons (Fsp3) is 0.400. The fourth-order valence-electron chi connectivity index (χ4n) is 2.00. The molecule has 1 aliphatic heterocycles. The van der Waals surface area contributed by atoms with Gasteiger partial charge in [0.15, 0.2) is 0 Å². The van der Waals surface area contributed by atoms with Crippen LogP contribution in [0.5, 0.6) is 5.75 Å². The van der Waals surface area contributed by atoms with Crippen LogP contribution in [0.15, 0.2) is 23.8 Å². The molecule has 1 amide bonds. The topological polar surface area (TPSA) is 49.8 Å². The highest BCUT2D eigenvalue weighted by Gasteiger charge is 2.20. The number of hydrogen-bond acceptors (Lipinski definition) is 3. The smallest absolute Gasteiger partial charge is 0.252 e. The van der Waals surface area contributed by atoms with Crippen LogP contribution in [-0.2, 0) is 4.79 Å². The highest BCUT2D eigenvalue weighted by Crippen LogP contribution is 2.27. The summed E-state index contributed by atoms with van der Waals surface area (Å²) in [4.78, 5) is 13.7. The lowest BCUT2D eigenvalue weighted by atomic mass is 10.1. The maximum absolute atomic E-state index is 13.2. The molecule has 1 aliphatic rings. The number of rotatable bonds is 4. The second-order valence-corrected chi connectivity index (χ2v) is 5.00. The number of fused-ring (bicyclic) bond motifs is 1. The van der Waals surface area contributed by atoms with Crippen molar-refractivity contribution in [2.24, 2.45) is 0 Å². The van der Waals surface area contributed by atoms with E-state index < -0.39 is 6.10 Å². The summed E-state index contributed by atoms with van der Waals surface area (Å²) >= 11 is 0. The molecule has 1 heterocycles. The van der Waals surface area contributed by atoms with Crippen molar-refractivity contribution in [3.63, 3.8) is 0 Å². The number of nitrogens with zero attached hydrogens (tertiary/aromatic N) is 1. The largest absolute Gasteiger partial charge is 0.488 e. The average Bonchev–Trinajstić information content (AvgIpc) is 2.43. The third-order valence-electron chi connectivity index (χ3n) is 3.19. The van der Waals surface area contributed by atoms with E-state index in [0.717, 1.165) is 0 Å². The Hall–Kier alpha value is -1.88. The van der Waals surface area contributed by atoms with Crippen LogP contribution in [0.4, 0.5) is 4.39 Å². The lowest BCUT2D eigenvalue weighted by molar-refractivity contribution is -0.126. The summed E-state index contributed by atoms with van der Waals surface area (Å²) in [6, 6.07) is 4.23. The van der Waals surface area contributed by atoms with E-state index in [-0.39, 0.29) is 18.3 Å². The summed E-state index contributed by atoms with van der Waals surface area (Å²) in [5, 5.41) is 9.24. The first-order valence-corrected chi connectivity index (χ1v) is 6.54. The van der Waals surface area contributed by atoms with E-state index in [1.54, 1.807) is 26.1 Å². The molecule has 1 unspecified atom stereocenters. The molecular weight excluding hydrogens is 261 g/mol. The Morgan fingerprint density at radius 2 is 2.30 bits per heavy atom. The Balaban J connectivity index is 2.11. The first kappa shape index (κ1) is 14.5. The summed E-state index contributed by atoms with van der Waals surface area (Å²) < 4.78 is 18.6. The van der Waals surface area contributed by atoms with E-state index in [1.807, 2.05) is 0 Å². The van der Waals surface area contributed by atoms with Crippen molar-refractivity contribution in [1.82, 2.24) is 4.90 Å². The van der Waals surface area contributed by atoms with Gasteiger partial charge in [-0.1, -0.05) is 0 Å². The minimum atomic E-state index is -0.448. The lowest BCUT2D eigenvalue weighted by Gasteiger charge is -2.23. The number of ether oxygens (including phenoxy) is 1. The second-order valence-electron chi connectivity index (χ2n) is 5.00. The second kappa shape index (κ2) is 6.05. The van der Waals surface area contributed by atoms with Crippen LogP contribution in [0.3, 0.4) is 0 Å². The van der Waals surface area contributed by atoms with Gasteiger partial charge in [-0.15, -0.1) is 0 Å². The average molecular weight is 279 g/mol. The quantitative estimate of drug-likeness (QED) is 0.914. The van der Waals surface area contributed by atoms with Gasteiger partial charge >= 0.3 is 0 Å². The molecule has 0 bridgehead atoms. The van der Waals surface area contributed by atoms with Crippen molar-refractivity contribution in [2.75, 3.05) is 20.2 Å². The van der Waals surface area contributed by atoms with Gasteiger partial charge in [0, 0.05) is 19.2 Å². The Labute approximate surface area is 117 Å². The van der Waals surface area contributed by atoms with E-state index in [9.17, 15) is 14.3 Å². The van der Waals surface area contributed by atoms with Gasteiger partial charge in [0.2, 0.25) is 0 Å². The van der Waals surface area contributed by atoms with Gasteiger partial charge in [-0.3, -0.25) is 4.79 Å². The summed E-state index contributed by atoms with van der Waals surface area (Å²) in [6.45, 7) is 2.32. The standard InChI is InChI=1S/C15H18FNO3/c1-10(18)5-6-17(2)15(19)12-7-11-8-13(16)3-4-14(11)20-9-12/h3-4,7-8,10,18H,5-6,9H2,1-2H3. The molecule has 4 nitrogen and oxygen atoms in total. The number of hydrogen-bond donors (Lipinski definition) is 1. The van der Waals surface area contributed by atoms with Gasteiger partial charge in [0.25, 0.3) is 5.91 Å². The highest BCUT2D eigenvalue weighted by molar-refractivity contribution is 5.99. The third-order valence-corrected chi connectivity index (χ3v) is 3.19. The lowest BCUT2D eigenvalue weighted by Crippen LogP contribution is -2.32. The van der Waals surface area contributed by atoms with Crippen molar-refractivity contribution in [1.29, 1.82) is 0 Å². The van der Waals surface area contributed by atoms with E-state index in [1.165, 1.54) is 17.0 Å². The van der Waals surface area contributed by atoms with E-state index in [0.29, 0.717) is 29.9 Å². The van der Waals surface area contributed by atoms with Gasteiger partial charge in [-0.25, -0.2) is 4.39 Å². The Kier molecular flexibility index (Phi) is 4.39. The van der Waals surface area contributed by atoms with Crippen molar-refractivity contribution < 1.29 is 19.0 Å². The van der Waals surface area contributed by atoms with E-state index in [4.69, 9.17) is 4.74 Å². The van der Waals surface area contributed by atoms with Gasteiger partial charge in [-0.05, 0) is 37.6 Å². The molecule has 0 aliphatic carbocycles. The Bertz CT molecular complexity index is 540. The third kappa shape index (κ3) is 3.36. The highest BCUT2D eigenvalue weighted by atomic mass is 19.1. The number of carbonyl (C=O) groups excluding carboxylic acids is 1. The van der Waals surface area contributed by atoms with Gasteiger partial charge in [0.05, 0.1) is 11.7 Å². The molecule has 0 aromatic heterocycles. The maximum Gasteiger partial charge on any atom is 0.252 e. The number of likely N-dealkylation sites (N-methyl/N-ethyl adjacent to an activating group) is 1. The first-order chi connectivity index (χ1) is 9.47. The number of carbonyl (C=O) groups is 1. The number of benzene rings is 1. The SMILES string of the molecule is CC(O)CCN(C)C(=O)C1=Cc2cc(F)ccc2OC1. The summed E-state index contributed by atoms with van der Waals surface area (Å²) in [7, 11) is 1.67. The molecule has 0 fully saturated rings. The molecule has 0 radical (unpaired) electrons. The monoisotopic (exact) mass is 279 g/mol. The minimum absolute atomic E-state index is 0.166. The maximum atomic E-state index is 13.2. The van der Waals surface area contributed by atoms with E-state index in [2.05, 4.69) is 0 Å². The molecule has 1 aromatic rings. The molecule has 5 heteroatoms. The molecule has 0 saturated heterocycles. The fourth-order valence-corrected chi connectivity index (χ4v) is 2.00. The normalized spacial score (nSPS) is 14.9. The Morgan fingerprint density at radius 3 is 3.00 bits per heavy atom. The van der Waals surface area contributed by atoms with Crippen LogP contribution < -0.4 is 4.74 Å². The van der Waals surface area contributed by atoms with E-state index >= 15 is 0 Å². The molecule has 1 N–H and O–H groups in total. The predicted octanol–water partition coefficient (Wildman–Crippen LogP) is 1.83. The van der Waals surface area contributed by atoms with Crippen LogP contribution >= 0.6 is 0 Å². The minimum Gasteiger partial charge on any atom is -0.488 e. The summed E-state index contributed by atoms with van der Waals surface area (Å²) in [5.74, 6) is 0.0508. The van der Waals surface area contributed by atoms with Gasteiger partial charge in [-0.2, -0.15) is 0 Å². The Morgan fingerprint density at radius 1 is 1.55 bits per heavy atom. The molecular formula is C15H18FNO3. The van der Waals surface area contributed by atoms with Gasteiger partial charge in [0.1, 0.15) is 18.2 Å². The molecule has 0 saturated carbocycles. The van der Waals surface area contributed by atoms with Crippen LogP contribution in [-0.4, -0.2) is 42.2 Å². The molecule has 1 aromatic carbocycles. The van der Waals surface area contributed by atoms with Crippen molar-refractivity contribution in [3.8, 4) is 5.75 Å². The van der Waals surface area contributed by atoms with Crippen molar-refractivity contribution in [3.05, 3.63) is 35.2 Å². The molecule has 1 atom stereocenters. The number of amides is 1. The zero-order valence-electron chi connectivity index (χ0n) is 11.6. The molecule has 0 spiro atoms. The van der Waals surface area contributed by atoms with Crippen LogP contribution in [0.1, 0.15) is 18.9 Å². The summed E-state index contributed by atoms with van der Waals surface area (Å²) in [5.41, 5.74) is 1.06. The molecule has 108 valence electrons. The van der Waals surface area contributed by atoms with Crippen LogP contribution in [0.25, 0.3) is 6.08 Å². The van der Waals surface area contributed by atoms with Gasteiger partial charge < -0.3 is 14.7 Å². The van der Waals surface area contributed by atoms with Crippen LogP contribution in [0.2, 0.25) is 0 Å². The zero-order valence-corrected chi connectivity index (χ0v) is 11.6. The number of aliphatic hydroxyl groups excluding tert-OH is 1. The number of halogens is 1. The van der Waals surface area contributed by atoms with Crippen LogP contribution in [0, 0.1) is 5.82 Å². The van der Waals surface area contributed by atoms with Crippen molar-refractivity contribution in [2.45, 2.75) is 19.4 Å². The summed E-state index contributed by atoms with van der Waals surface area (Å²) in [6.07, 6.45) is 1.72. The number of aliphatic hydroxyl groups is 1.